The van der Waals surface area contributed by atoms with Crippen LogP contribution in [0.2, 0.25) is 0 Å². The first-order valence-electron chi connectivity index (χ1n) is 9.90. The van der Waals surface area contributed by atoms with Gasteiger partial charge in [-0.3, -0.25) is 4.79 Å². The van der Waals surface area contributed by atoms with Crippen LogP contribution in [-0.4, -0.2) is 53.0 Å². The zero-order valence-electron chi connectivity index (χ0n) is 16.1. The Morgan fingerprint density at radius 2 is 1.93 bits per heavy atom. The first-order valence-corrected chi connectivity index (χ1v) is 10.7. The Kier molecular flexibility index (Phi) is 5.64. The number of benzene rings is 1. The fraction of sp³-hybridized carbons (Fsp3) is 0.476. The molecule has 7 heteroatoms. The number of carbonyl (C=O) groups is 1. The Bertz CT molecular complexity index is 848. The molecule has 2 aromatic rings. The predicted octanol–water partition coefficient (Wildman–Crippen LogP) is 2.51. The first kappa shape index (κ1) is 19.3. The molecule has 0 spiro atoms. The van der Waals surface area contributed by atoms with Crippen molar-refractivity contribution in [2.24, 2.45) is 5.73 Å². The van der Waals surface area contributed by atoms with Crippen molar-refractivity contribution >= 4 is 27.7 Å². The topological polar surface area (TPSA) is 75.4 Å². The van der Waals surface area contributed by atoms with E-state index in [0.29, 0.717) is 25.4 Å². The van der Waals surface area contributed by atoms with Gasteiger partial charge in [0, 0.05) is 41.9 Å². The van der Waals surface area contributed by atoms with Crippen LogP contribution in [0.3, 0.4) is 0 Å². The number of nitrogens with two attached hydrogens (primary N) is 1. The van der Waals surface area contributed by atoms with Crippen LogP contribution in [-0.2, 0) is 17.6 Å². The monoisotopic (exact) mass is 443 g/mol. The van der Waals surface area contributed by atoms with E-state index in [1.165, 1.54) is 11.3 Å². The van der Waals surface area contributed by atoms with E-state index in [4.69, 9.17) is 5.73 Å². The number of rotatable bonds is 4. The Balaban J connectivity index is 1.37. The third kappa shape index (κ3) is 3.91. The second-order valence-corrected chi connectivity index (χ2v) is 8.66. The third-order valence-corrected chi connectivity index (χ3v) is 6.36. The van der Waals surface area contributed by atoms with Crippen LogP contribution in [0.25, 0.3) is 0 Å². The summed E-state index contributed by atoms with van der Waals surface area (Å²) in [5, 5.41) is 0. The summed E-state index contributed by atoms with van der Waals surface area (Å²) in [6.45, 7) is 5.18. The first-order chi connectivity index (χ1) is 13.5. The summed E-state index contributed by atoms with van der Waals surface area (Å²) in [5.41, 5.74) is 9.78. The number of carbonyl (C=O) groups excluding carboxylic acids is 1. The normalized spacial score (nSPS) is 20.2. The van der Waals surface area contributed by atoms with E-state index in [1.807, 2.05) is 29.2 Å². The van der Waals surface area contributed by atoms with E-state index in [9.17, 15) is 4.79 Å². The van der Waals surface area contributed by atoms with Crippen LogP contribution in [0.1, 0.15) is 36.1 Å². The highest BCUT2D eigenvalue weighted by molar-refractivity contribution is 9.10. The third-order valence-electron chi connectivity index (χ3n) is 5.83. The number of halogens is 1. The van der Waals surface area contributed by atoms with Gasteiger partial charge in [-0.1, -0.05) is 35.0 Å². The summed E-state index contributed by atoms with van der Waals surface area (Å²) < 4.78 is 1.03. The Morgan fingerprint density at radius 3 is 2.64 bits per heavy atom. The van der Waals surface area contributed by atoms with E-state index in [1.54, 1.807) is 6.33 Å². The summed E-state index contributed by atoms with van der Waals surface area (Å²) >= 11 is 3.43. The van der Waals surface area contributed by atoms with Gasteiger partial charge < -0.3 is 15.5 Å². The molecule has 1 amide bonds. The average molecular weight is 444 g/mol. The highest BCUT2D eigenvalue weighted by atomic mass is 79.9. The second-order valence-electron chi connectivity index (χ2n) is 7.75. The lowest BCUT2D eigenvalue weighted by Gasteiger charge is -2.37. The summed E-state index contributed by atoms with van der Waals surface area (Å²) in [4.78, 5) is 26.0. The number of fused-ring (bicyclic) bond motifs is 1. The molecule has 2 aliphatic rings. The van der Waals surface area contributed by atoms with Crippen molar-refractivity contribution in [2.75, 3.05) is 31.1 Å². The number of aryl methyl sites for hydroxylation is 1. The molecule has 4 rings (SSSR count). The molecule has 1 fully saturated rings. The van der Waals surface area contributed by atoms with Gasteiger partial charge in [-0.05, 0) is 42.9 Å². The summed E-state index contributed by atoms with van der Waals surface area (Å²) in [6, 6.07) is 7.47. The Labute approximate surface area is 174 Å². The van der Waals surface area contributed by atoms with Crippen molar-refractivity contribution in [1.29, 1.82) is 0 Å². The van der Waals surface area contributed by atoms with Gasteiger partial charge in [0.05, 0.1) is 6.04 Å². The quantitative estimate of drug-likeness (QED) is 0.785. The highest BCUT2D eigenvalue weighted by Crippen LogP contribution is 2.37. The summed E-state index contributed by atoms with van der Waals surface area (Å²) in [7, 11) is 0. The lowest BCUT2D eigenvalue weighted by molar-refractivity contribution is -0.132. The van der Waals surface area contributed by atoms with Gasteiger partial charge in [0.15, 0.2) is 0 Å². The number of aromatic nitrogens is 2. The van der Waals surface area contributed by atoms with E-state index in [-0.39, 0.29) is 5.91 Å². The Hall–Kier alpha value is -1.99. The minimum Gasteiger partial charge on any atom is -0.353 e. The molecule has 2 unspecified atom stereocenters. The lowest BCUT2D eigenvalue weighted by atomic mass is 10.0. The molecule has 0 bridgehead atoms. The fourth-order valence-corrected chi connectivity index (χ4v) is 4.47. The maximum Gasteiger partial charge on any atom is 0.239 e. The largest absolute Gasteiger partial charge is 0.353 e. The summed E-state index contributed by atoms with van der Waals surface area (Å²) in [6.07, 6.45) is 4.42. The lowest BCUT2D eigenvalue weighted by Crippen LogP contribution is -2.54. The van der Waals surface area contributed by atoms with Crippen LogP contribution in [0.4, 0.5) is 5.82 Å². The molecule has 2 heterocycles. The van der Waals surface area contributed by atoms with Crippen molar-refractivity contribution in [3.63, 3.8) is 0 Å². The van der Waals surface area contributed by atoms with Crippen LogP contribution < -0.4 is 10.6 Å². The molecule has 1 aromatic heterocycles. The standard InChI is InChI=1S/C21H26BrN5O/c1-14-2-7-18-19(14)20(25-13-24-18)26-8-10-27(11-9-26)21(28)17(23)12-15-3-5-16(22)6-4-15/h3-6,13-14,17H,2,7-12,23H2,1H3. The minimum absolute atomic E-state index is 0.0313. The van der Waals surface area contributed by atoms with E-state index >= 15 is 0 Å². The molecule has 28 heavy (non-hydrogen) atoms. The second kappa shape index (κ2) is 8.17. The van der Waals surface area contributed by atoms with Gasteiger partial charge in [0.1, 0.15) is 12.1 Å². The smallest absolute Gasteiger partial charge is 0.239 e. The highest BCUT2D eigenvalue weighted by Gasteiger charge is 2.30. The molecule has 1 aliphatic carbocycles. The molecule has 2 atom stereocenters. The molecule has 0 saturated carbocycles. The maximum absolute atomic E-state index is 12.8. The van der Waals surface area contributed by atoms with Gasteiger partial charge in [-0.2, -0.15) is 0 Å². The van der Waals surface area contributed by atoms with Gasteiger partial charge in [0.25, 0.3) is 0 Å². The van der Waals surface area contributed by atoms with Gasteiger partial charge in [-0.15, -0.1) is 0 Å². The number of nitrogens with zero attached hydrogens (tertiary/aromatic N) is 4. The number of amides is 1. The number of hydrogen-bond acceptors (Lipinski definition) is 5. The predicted molar refractivity (Wildman–Crippen MR) is 113 cm³/mol. The van der Waals surface area contributed by atoms with Crippen molar-refractivity contribution in [3.05, 3.63) is 51.9 Å². The van der Waals surface area contributed by atoms with Crippen molar-refractivity contribution < 1.29 is 4.79 Å². The molecule has 0 radical (unpaired) electrons. The van der Waals surface area contributed by atoms with Crippen LogP contribution >= 0.6 is 15.9 Å². The Morgan fingerprint density at radius 1 is 1.21 bits per heavy atom. The van der Waals surface area contributed by atoms with Crippen LogP contribution in [0, 0.1) is 0 Å². The number of hydrogen-bond donors (Lipinski definition) is 1. The van der Waals surface area contributed by atoms with E-state index in [2.05, 4.69) is 37.7 Å². The minimum atomic E-state index is -0.504. The summed E-state index contributed by atoms with van der Waals surface area (Å²) in [5.74, 6) is 1.59. The molecule has 2 N–H and O–H groups in total. The van der Waals surface area contributed by atoms with E-state index in [0.717, 1.165) is 41.8 Å². The molecular weight excluding hydrogens is 418 g/mol. The molecule has 6 nitrogen and oxygen atoms in total. The van der Waals surface area contributed by atoms with Gasteiger partial charge in [-0.25, -0.2) is 9.97 Å². The number of anilines is 1. The van der Waals surface area contributed by atoms with Crippen LogP contribution in [0.5, 0.6) is 0 Å². The van der Waals surface area contributed by atoms with Gasteiger partial charge in [0.2, 0.25) is 5.91 Å². The zero-order chi connectivity index (χ0) is 19.7. The maximum atomic E-state index is 12.8. The molecule has 1 aliphatic heterocycles. The average Bonchev–Trinajstić information content (AvgIpc) is 3.10. The van der Waals surface area contributed by atoms with Crippen molar-refractivity contribution in [3.8, 4) is 0 Å². The molecule has 1 aromatic carbocycles. The molecule has 1 saturated heterocycles. The van der Waals surface area contributed by atoms with Crippen molar-refractivity contribution in [1.82, 2.24) is 14.9 Å². The van der Waals surface area contributed by atoms with Crippen molar-refractivity contribution in [2.45, 2.75) is 38.1 Å². The molecular formula is C21H26BrN5O. The zero-order valence-corrected chi connectivity index (χ0v) is 17.7. The van der Waals surface area contributed by atoms with E-state index < -0.39 is 6.04 Å². The fourth-order valence-electron chi connectivity index (χ4n) is 4.21. The SMILES string of the molecule is CC1CCc2ncnc(N3CCN(C(=O)C(N)Cc4ccc(Br)cc4)CC3)c21. The number of piperazine rings is 1. The molecule has 148 valence electrons. The van der Waals surface area contributed by atoms with Gasteiger partial charge >= 0.3 is 0 Å². The van der Waals surface area contributed by atoms with Crippen LogP contribution in [0.15, 0.2) is 35.1 Å².